The fraction of sp³-hybridized carbons (Fsp3) is 0.143. The van der Waals surface area contributed by atoms with Crippen LogP contribution in [0.1, 0.15) is 71.4 Å². The molecule has 0 saturated heterocycles. The number of rotatable bonds is 8. The number of hydrogen-bond acceptors (Lipinski definition) is 6. The number of benzene rings is 2. The summed E-state index contributed by atoms with van der Waals surface area (Å²) in [5, 5.41) is 18.3. The Morgan fingerprint density at radius 1 is 0.567 bits per heavy atom. The summed E-state index contributed by atoms with van der Waals surface area (Å²) in [5.41, 5.74) is -0.584. The average molecular weight is 1220 g/mol. The Hall–Kier alpha value is -5.36. The molecule has 0 aliphatic rings. The van der Waals surface area contributed by atoms with Crippen LogP contribution < -0.4 is 0 Å². The molecule has 0 bridgehead atoms. The van der Waals surface area contributed by atoms with E-state index < -0.39 is 73.9 Å². The average Bonchev–Trinajstić information content (AvgIpc) is 3.22. The van der Waals surface area contributed by atoms with Gasteiger partial charge in [-0.05, 0) is 100 Å². The van der Waals surface area contributed by atoms with E-state index in [1.807, 2.05) is 27.7 Å². The van der Waals surface area contributed by atoms with E-state index in [2.05, 4.69) is 29.6 Å². The van der Waals surface area contributed by atoms with Crippen LogP contribution in [0.4, 0.5) is 28.9 Å². The third-order valence-electron chi connectivity index (χ3n) is 8.91. The maximum Gasteiger partial charge on any atom is 0 e. The fourth-order valence-electron chi connectivity index (χ4n) is 5.61. The minimum Gasteiger partial charge on any atom is 0 e. The van der Waals surface area contributed by atoms with E-state index in [-0.39, 0.29) is 55.0 Å². The van der Waals surface area contributed by atoms with Crippen LogP contribution in [0.15, 0.2) is 97.1 Å². The molecule has 0 amide bonds. The van der Waals surface area contributed by atoms with E-state index in [9.17, 15) is 27.2 Å². The number of carbonyl (C=O) groups is 2. The molecule has 4 heterocycles. The van der Waals surface area contributed by atoms with E-state index in [0.717, 1.165) is 12.1 Å². The molecule has 0 spiro atoms. The van der Waals surface area contributed by atoms with Crippen molar-refractivity contribution in [2.75, 3.05) is 0 Å². The predicted molar refractivity (Wildman–Crippen MR) is 210 cm³/mol. The van der Waals surface area contributed by atoms with Crippen LogP contribution in [0.25, 0.3) is 32.2 Å². The van der Waals surface area contributed by atoms with Gasteiger partial charge in [-0.25, -0.2) is 46.8 Å². The minimum absolute atomic E-state index is 0. The first-order valence-electron chi connectivity index (χ1n) is 16.8. The van der Waals surface area contributed by atoms with Gasteiger partial charge in [0.2, 0.25) is 0 Å². The van der Waals surface area contributed by atoms with Crippen molar-refractivity contribution in [2.24, 2.45) is 0 Å². The molecule has 0 aliphatic carbocycles. The van der Waals surface area contributed by atoms with Gasteiger partial charge in [-0.2, -0.15) is 0 Å². The van der Waals surface area contributed by atoms with Crippen molar-refractivity contribution >= 4 is 42.1 Å². The van der Waals surface area contributed by atoms with Crippen LogP contribution in [0, 0.1) is 36.4 Å². The molecule has 6 aromatic rings. The number of hydrogen-bond donors (Lipinski definition) is 2. The molecule has 10 nitrogen and oxygen atoms in total. The SMILES string of the molecule is [C-]#[N+]c1c(F)ccc(-c2cccc(C(C)(C)c3cccc(C(=O)O)n3)n2)c1F.[C-]#[N+]c1c(F)ccc(-c2cccc(C(C)(C)c3cccc(C(=O)O)n3)n2)c1F.[Cl][Pt][Cl].[Pt]. The van der Waals surface area contributed by atoms with E-state index in [1.54, 1.807) is 60.7 Å². The Morgan fingerprint density at radius 3 is 1.17 bits per heavy atom. The Morgan fingerprint density at radius 2 is 0.867 bits per heavy atom. The minimum atomic E-state index is -1.14. The first-order valence-corrected chi connectivity index (χ1v) is 22.5. The molecule has 0 radical (unpaired) electrons. The monoisotopic (exact) mass is 1220 g/mol. The van der Waals surface area contributed by atoms with Gasteiger partial charge in [-0.15, -0.1) is 0 Å². The van der Waals surface area contributed by atoms with Gasteiger partial charge < -0.3 is 10.2 Å². The number of nitrogens with zero attached hydrogens (tertiary/aromatic N) is 6. The van der Waals surface area contributed by atoms with E-state index >= 15 is 0 Å². The van der Waals surface area contributed by atoms with Crippen molar-refractivity contribution in [1.82, 2.24) is 19.9 Å². The third-order valence-corrected chi connectivity index (χ3v) is 8.91. The predicted octanol–water partition coefficient (Wildman–Crippen LogP) is 11.4. The van der Waals surface area contributed by atoms with Gasteiger partial charge in [0.05, 0.1) is 47.3 Å². The van der Waals surface area contributed by atoms with E-state index in [0.29, 0.717) is 22.8 Å². The molecular weight excluding hydrogens is 1190 g/mol. The fourth-order valence-corrected chi connectivity index (χ4v) is 5.61. The van der Waals surface area contributed by atoms with Crippen molar-refractivity contribution in [3.63, 3.8) is 0 Å². The van der Waals surface area contributed by atoms with Crippen LogP contribution in [0.5, 0.6) is 0 Å². The summed E-state index contributed by atoms with van der Waals surface area (Å²) in [6, 6.07) is 23.8. The number of carboxylic acids is 2. The summed E-state index contributed by atoms with van der Waals surface area (Å²) in [6.07, 6.45) is 0. The molecular formula is C42H30Cl2F4N6O4Pt2. The second kappa shape index (κ2) is 21.2. The summed E-state index contributed by atoms with van der Waals surface area (Å²) in [6.45, 7) is 21.2. The molecule has 4 aromatic heterocycles. The Bertz CT molecular complexity index is 2460. The quantitative estimate of drug-likeness (QED) is 0.114. The summed E-state index contributed by atoms with van der Waals surface area (Å²) in [7, 11) is 9.75. The first-order chi connectivity index (χ1) is 27.9. The zero-order valence-corrected chi connectivity index (χ0v) is 37.6. The van der Waals surface area contributed by atoms with Crippen LogP contribution in [0.2, 0.25) is 0 Å². The van der Waals surface area contributed by atoms with Crippen molar-refractivity contribution in [2.45, 2.75) is 38.5 Å². The molecule has 6 rings (SSSR count). The topological polar surface area (TPSA) is 135 Å². The standard InChI is InChI=1S/2C21H15F2N3O2.2ClH.2Pt/c2*1-21(2,17-9-5-7-15(26-17)20(27)28)16-8-4-6-14(25-16)12-10-11-13(22)19(24-3)18(12)23;;;;/h2*4-11H,1-2H3,(H,27,28);2*1H;;/q;;;;;+2/p-2. The second-order valence-corrected chi connectivity index (χ2v) is 16.6. The molecule has 0 fully saturated rings. The van der Waals surface area contributed by atoms with Crippen LogP contribution in [-0.4, -0.2) is 42.1 Å². The zero-order valence-electron chi connectivity index (χ0n) is 31.5. The summed E-state index contributed by atoms with van der Waals surface area (Å²) in [4.78, 5) is 45.5. The smallest absolute Gasteiger partial charge is 0 e. The molecule has 0 unspecified atom stereocenters. The van der Waals surface area contributed by atoms with Crippen molar-refractivity contribution in [3.8, 4) is 22.5 Å². The van der Waals surface area contributed by atoms with Gasteiger partial charge in [-0.1, -0.05) is 24.3 Å². The molecule has 2 aromatic carbocycles. The largest absolute Gasteiger partial charge is 0 e. The molecule has 0 saturated carbocycles. The van der Waals surface area contributed by atoms with Gasteiger partial charge in [0.15, 0.2) is 0 Å². The Balaban J connectivity index is 0.000000296. The Labute approximate surface area is 373 Å². The normalized spacial score (nSPS) is 10.7. The van der Waals surface area contributed by atoms with Gasteiger partial charge in [-0.3, -0.25) is 9.97 Å². The second-order valence-electron chi connectivity index (χ2n) is 13.3. The Kier molecular flexibility index (Phi) is 17.4. The van der Waals surface area contributed by atoms with Gasteiger partial charge in [0, 0.05) is 43.0 Å². The molecule has 18 heteroatoms. The van der Waals surface area contributed by atoms with Crippen molar-refractivity contribution in [1.29, 1.82) is 0 Å². The molecule has 0 atom stereocenters. The molecule has 0 aliphatic heterocycles. The number of halogens is 6. The van der Waals surface area contributed by atoms with Crippen LogP contribution in [-0.2, 0) is 48.4 Å². The summed E-state index contributed by atoms with van der Waals surface area (Å²) in [5.74, 6) is -6.07. The van der Waals surface area contributed by atoms with Crippen molar-refractivity contribution in [3.05, 3.63) is 177 Å². The van der Waals surface area contributed by atoms with Crippen LogP contribution in [0.3, 0.4) is 0 Å². The molecule has 314 valence electrons. The number of aromatic nitrogens is 4. The molecule has 60 heavy (non-hydrogen) atoms. The maximum absolute atomic E-state index is 14.5. The summed E-state index contributed by atoms with van der Waals surface area (Å²) < 4.78 is 56.3. The van der Waals surface area contributed by atoms with Crippen LogP contribution >= 0.6 is 18.8 Å². The van der Waals surface area contributed by atoms with E-state index in [1.165, 1.54) is 24.3 Å². The number of aromatic carboxylic acids is 2. The molecule has 2 N–H and O–H groups in total. The number of pyridine rings is 4. The van der Waals surface area contributed by atoms with Gasteiger partial charge in [0.1, 0.15) is 34.7 Å². The van der Waals surface area contributed by atoms with E-state index in [4.69, 9.17) is 42.2 Å². The van der Waals surface area contributed by atoms with Gasteiger partial charge in [0.25, 0.3) is 11.4 Å². The van der Waals surface area contributed by atoms with Gasteiger partial charge >= 0.3 is 47.3 Å². The maximum atomic E-state index is 14.5. The first kappa shape index (κ1) is 49.0. The van der Waals surface area contributed by atoms with Crippen molar-refractivity contribution < 1.29 is 74.9 Å². The third kappa shape index (κ3) is 11.1. The number of carboxylic acid groups (broad SMARTS) is 2. The zero-order chi connectivity index (χ0) is 43.7. The summed E-state index contributed by atoms with van der Waals surface area (Å²) >= 11 is -0.472.